The minimum absolute atomic E-state index is 0.151. The largest absolute Gasteiger partial charge is 0.456 e. The molecular weight excluding hydrogens is 305 g/mol. The van der Waals surface area contributed by atoms with Gasteiger partial charge in [-0.2, -0.15) is 5.26 Å². The first-order valence-corrected chi connectivity index (χ1v) is 6.52. The fourth-order valence-electron chi connectivity index (χ4n) is 1.59. The monoisotopic (exact) mass is 319 g/mol. The molecular formula is C15H14FN3O4. The van der Waals surface area contributed by atoms with Crippen LogP contribution in [0.25, 0.3) is 0 Å². The number of Topliss-reactive ketones (excluding diaryl/α,β-unsaturated/α-hetero) is 1. The van der Waals surface area contributed by atoms with Crippen molar-refractivity contribution < 1.29 is 23.5 Å². The van der Waals surface area contributed by atoms with Crippen molar-refractivity contribution in [3.8, 4) is 6.07 Å². The van der Waals surface area contributed by atoms with Gasteiger partial charge in [-0.25, -0.2) is 4.39 Å². The van der Waals surface area contributed by atoms with E-state index in [1.165, 1.54) is 25.1 Å². The third kappa shape index (κ3) is 5.32. The van der Waals surface area contributed by atoms with Crippen molar-refractivity contribution in [2.24, 2.45) is 5.92 Å². The summed E-state index contributed by atoms with van der Waals surface area (Å²) in [5, 5.41) is 18.1. The number of carbonyl (C=O) groups is 3. The Bertz CT molecular complexity index is 682. The van der Waals surface area contributed by atoms with Crippen LogP contribution in [0.5, 0.6) is 0 Å². The van der Waals surface area contributed by atoms with Crippen molar-refractivity contribution in [1.82, 2.24) is 5.32 Å². The van der Waals surface area contributed by atoms with Gasteiger partial charge in [-0.15, -0.1) is 0 Å². The number of carbonyl (C=O) groups excluding carboxylic acids is 3. The molecule has 0 fully saturated rings. The first-order chi connectivity index (χ1) is 10.9. The number of hydrogen-bond donors (Lipinski definition) is 2. The highest BCUT2D eigenvalue weighted by Gasteiger charge is 2.21. The predicted molar refractivity (Wildman–Crippen MR) is 77.2 cm³/mol. The Kier molecular flexibility index (Phi) is 6.55. The van der Waals surface area contributed by atoms with E-state index in [1.807, 2.05) is 0 Å². The van der Waals surface area contributed by atoms with Gasteiger partial charge in [0, 0.05) is 5.71 Å². The summed E-state index contributed by atoms with van der Waals surface area (Å²) >= 11 is 0. The Morgan fingerprint density at radius 3 is 2.61 bits per heavy atom. The lowest BCUT2D eigenvalue weighted by Crippen LogP contribution is -2.33. The zero-order chi connectivity index (χ0) is 17.4. The summed E-state index contributed by atoms with van der Waals surface area (Å²) in [4.78, 5) is 34.6. The zero-order valence-corrected chi connectivity index (χ0v) is 12.3. The maximum atomic E-state index is 13.3. The first kappa shape index (κ1) is 18.0. The Labute approximate surface area is 131 Å². The number of nitrogens with zero attached hydrogens (tertiary/aromatic N) is 1. The Morgan fingerprint density at radius 1 is 1.39 bits per heavy atom. The Morgan fingerprint density at radius 2 is 2.04 bits per heavy atom. The van der Waals surface area contributed by atoms with E-state index in [4.69, 9.17) is 10.7 Å². The van der Waals surface area contributed by atoms with Gasteiger partial charge in [0.25, 0.3) is 5.91 Å². The van der Waals surface area contributed by atoms with Gasteiger partial charge >= 0.3 is 5.97 Å². The van der Waals surface area contributed by atoms with Crippen LogP contribution >= 0.6 is 0 Å². The number of rotatable bonds is 7. The molecule has 0 saturated heterocycles. The van der Waals surface area contributed by atoms with Crippen molar-refractivity contribution in [1.29, 1.82) is 10.7 Å². The molecule has 1 amide bonds. The number of ether oxygens (including phenoxy) is 1. The lowest BCUT2D eigenvalue weighted by atomic mass is 10.0. The van der Waals surface area contributed by atoms with E-state index >= 15 is 0 Å². The molecule has 0 aliphatic rings. The fourth-order valence-corrected chi connectivity index (χ4v) is 1.59. The second-order valence-corrected chi connectivity index (χ2v) is 4.53. The number of amides is 1. The summed E-state index contributed by atoms with van der Waals surface area (Å²) in [6.45, 7) is 0.0618. The minimum Gasteiger partial charge on any atom is -0.456 e. The highest BCUT2D eigenvalue weighted by Crippen LogP contribution is 2.05. The maximum Gasteiger partial charge on any atom is 0.325 e. The van der Waals surface area contributed by atoms with Crippen LogP contribution in [0.15, 0.2) is 24.3 Å². The van der Waals surface area contributed by atoms with Gasteiger partial charge < -0.3 is 15.5 Å². The second kappa shape index (κ2) is 8.38. The second-order valence-electron chi connectivity index (χ2n) is 4.53. The summed E-state index contributed by atoms with van der Waals surface area (Å²) in [5.41, 5.74) is -0.373. The Hall–Kier alpha value is -3.08. The zero-order valence-electron chi connectivity index (χ0n) is 12.3. The molecule has 8 heteroatoms. The first-order valence-electron chi connectivity index (χ1n) is 6.52. The van der Waals surface area contributed by atoms with Crippen LogP contribution < -0.4 is 5.32 Å². The molecule has 1 atom stereocenters. The van der Waals surface area contributed by atoms with Gasteiger partial charge in [-0.1, -0.05) is 12.1 Å². The van der Waals surface area contributed by atoms with Crippen LogP contribution in [-0.2, 0) is 14.3 Å². The average molecular weight is 319 g/mol. The quantitative estimate of drug-likeness (QED) is 0.570. The molecule has 23 heavy (non-hydrogen) atoms. The van der Waals surface area contributed by atoms with Crippen molar-refractivity contribution in [2.75, 3.05) is 13.2 Å². The highest BCUT2D eigenvalue weighted by molar-refractivity contribution is 6.06. The van der Waals surface area contributed by atoms with Gasteiger partial charge in [0.05, 0.1) is 11.6 Å². The SMILES string of the molecule is CC(=N)C(C#N)C(=O)COC(=O)CNC(=O)c1ccccc1F. The van der Waals surface area contributed by atoms with E-state index in [2.05, 4.69) is 10.1 Å². The molecule has 1 unspecified atom stereocenters. The molecule has 1 aromatic rings. The van der Waals surface area contributed by atoms with Crippen LogP contribution in [0, 0.1) is 28.5 Å². The van der Waals surface area contributed by atoms with E-state index in [1.54, 1.807) is 6.07 Å². The van der Waals surface area contributed by atoms with Crippen molar-refractivity contribution in [3.63, 3.8) is 0 Å². The normalized spacial score (nSPS) is 11.0. The van der Waals surface area contributed by atoms with E-state index in [-0.39, 0.29) is 11.3 Å². The number of ketones is 1. The minimum atomic E-state index is -1.27. The molecule has 0 heterocycles. The standard InChI is InChI=1S/C15H14FN3O4/c1-9(18)11(6-17)13(20)8-23-14(21)7-19-15(22)10-4-2-3-5-12(10)16/h2-5,11,18H,7-8H2,1H3,(H,19,22). The summed E-state index contributed by atoms with van der Waals surface area (Å²) in [6, 6.07) is 6.87. The summed E-state index contributed by atoms with van der Waals surface area (Å²) in [6.07, 6.45) is 0. The summed E-state index contributed by atoms with van der Waals surface area (Å²) in [7, 11) is 0. The predicted octanol–water partition coefficient (Wildman–Crippen LogP) is 0.847. The average Bonchev–Trinajstić information content (AvgIpc) is 2.51. The van der Waals surface area contributed by atoms with Crippen LogP contribution in [0.2, 0.25) is 0 Å². The van der Waals surface area contributed by atoms with Crippen LogP contribution in [0.1, 0.15) is 17.3 Å². The van der Waals surface area contributed by atoms with Gasteiger partial charge in [0.2, 0.25) is 0 Å². The van der Waals surface area contributed by atoms with Gasteiger partial charge in [-0.05, 0) is 19.1 Å². The van der Waals surface area contributed by atoms with Crippen molar-refractivity contribution >= 4 is 23.4 Å². The molecule has 1 aromatic carbocycles. The molecule has 0 aliphatic heterocycles. The molecule has 1 rings (SSSR count). The molecule has 7 nitrogen and oxygen atoms in total. The topological polar surface area (TPSA) is 120 Å². The number of nitrogens with one attached hydrogen (secondary N) is 2. The van der Waals surface area contributed by atoms with Crippen LogP contribution in [0.3, 0.4) is 0 Å². The molecule has 0 bridgehead atoms. The third-order valence-electron chi connectivity index (χ3n) is 2.77. The fraction of sp³-hybridized carbons (Fsp3) is 0.267. The van der Waals surface area contributed by atoms with Crippen molar-refractivity contribution in [2.45, 2.75) is 6.92 Å². The number of hydrogen-bond acceptors (Lipinski definition) is 6. The molecule has 2 N–H and O–H groups in total. The number of nitriles is 1. The summed E-state index contributed by atoms with van der Waals surface area (Å²) < 4.78 is 18.0. The third-order valence-corrected chi connectivity index (χ3v) is 2.77. The van der Waals surface area contributed by atoms with Gasteiger partial charge in [-0.3, -0.25) is 14.4 Å². The smallest absolute Gasteiger partial charge is 0.325 e. The molecule has 0 aromatic heterocycles. The number of esters is 1. The molecule has 0 radical (unpaired) electrons. The molecule has 120 valence electrons. The highest BCUT2D eigenvalue weighted by atomic mass is 19.1. The van der Waals surface area contributed by atoms with E-state index in [0.717, 1.165) is 6.07 Å². The van der Waals surface area contributed by atoms with Gasteiger partial charge in [0.15, 0.2) is 12.4 Å². The lowest BCUT2D eigenvalue weighted by Gasteiger charge is -2.08. The van der Waals surface area contributed by atoms with E-state index < -0.39 is 42.5 Å². The van der Waals surface area contributed by atoms with E-state index in [0.29, 0.717) is 0 Å². The molecule has 0 saturated carbocycles. The van der Waals surface area contributed by atoms with Gasteiger partial charge in [0.1, 0.15) is 18.3 Å². The maximum absolute atomic E-state index is 13.3. The number of benzene rings is 1. The van der Waals surface area contributed by atoms with Crippen LogP contribution in [0.4, 0.5) is 4.39 Å². The van der Waals surface area contributed by atoms with E-state index in [9.17, 15) is 18.8 Å². The lowest BCUT2D eigenvalue weighted by molar-refractivity contribution is -0.147. The molecule has 0 aliphatic carbocycles. The Balaban J connectivity index is 2.45. The summed E-state index contributed by atoms with van der Waals surface area (Å²) in [5.74, 6) is -4.43. The van der Waals surface area contributed by atoms with Crippen LogP contribution in [-0.4, -0.2) is 36.5 Å². The molecule has 0 spiro atoms. The number of halogens is 1. The van der Waals surface area contributed by atoms with Crippen molar-refractivity contribution in [3.05, 3.63) is 35.6 Å².